The van der Waals surface area contributed by atoms with E-state index in [0.717, 1.165) is 12.1 Å². The van der Waals surface area contributed by atoms with Gasteiger partial charge in [0.25, 0.3) is 0 Å². The van der Waals surface area contributed by atoms with Crippen molar-refractivity contribution in [2.45, 2.75) is 20.0 Å². The highest BCUT2D eigenvalue weighted by Crippen LogP contribution is 2.32. The molecule has 0 aliphatic carbocycles. The van der Waals surface area contributed by atoms with Crippen LogP contribution in [-0.4, -0.2) is 12.6 Å². The van der Waals surface area contributed by atoms with Crippen LogP contribution in [0.5, 0.6) is 0 Å². The molecule has 3 nitrogen and oxygen atoms in total. The predicted molar refractivity (Wildman–Crippen MR) is 81.9 cm³/mol. The summed E-state index contributed by atoms with van der Waals surface area (Å²) < 4.78 is 42.9. The lowest BCUT2D eigenvalue weighted by Gasteiger charge is -2.13. The predicted octanol–water partition coefficient (Wildman–Crippen LogP) is 4.93. The van der Waals surface area contributed by atoms with Crippen molar-refractivity contribution in [3.8, 4) is 0 Å². The number of alkyl halides is 3. The Hall–Kier alpha value is -2.50. The van der Waals surface area contributed by atoms with Crippen LogP contribution in [0.4, 0.5) is 24.5 Å². The molecule has 0 saturated heterocycles. The second-order valence-electron chi connectivity index (χ2n) is 4.95. The first-order valence-electron chi connectivity index (χ1n) is 7.03. The first-order valence-corrected chi connectivity index (χ1v) is 7.03. The van der Waals surface area contributed by atoms with E-state index in [9.17, 15) is 18.0 Å². The fourth-order valence-corrected chi connectivity index (χ4v) is 2.07. The van der Waals surface area contributed by atoms with Crippen LogP contribution < -0.4 is 5.32 Å². The van der Waals surface area contributed by atoms with Crippen LogP contribution >= 0.6 is 0 Å². The third-order valence-electron chi connectivity index (χ3n) is 3.21. The Morgan fingerprint density at radius 1 is 1.17 bits per heavy atom. The molecule has 0 aromatic heterocycles. The average molecular weight is 323 g/mol. The molecule has 1 N–H and O–H groups in total. The summed E-state index contributed by atoms with van der Waals surface area (Å²) in [5.41, 5.74) is 1.28. The number of rotatable bonds is 4. The first-order chi connectivity index (χ1) is 10.8. The monoisotopic (exact) mass is 323 g/mol. The number of nitrogens with one attached hydrogen (secondary N) is 1. The molecule has 0 aliphatic heterocycles. The fourth-order valence-electron chi connectivity index (χ4n) is 2.07. The molecule has 0 bridgehead atoms. The number of halogens is 3. The smallest absolute Gasteiger partial charge is 0.416 e. The van der Waals surface area contributed by atoms with Crippen LogP contribution in [0.3, 0.4) is 0 Å². The van der Waals surface area contributed by atoms with Gasteiger partial charge < -0.3 is 10.1 Å². The van der Waals surface area contributed by atoms with E-state index in [1.807, 2.05) is 0 Å². The van der Waals surface area contributed by atoms with Crippen LogP contribution in [-0.2, 0) is 10.9 Å². The van der Waals surface area contributed by atoms with Gasteiger partial charge in [-0.05, 0) is 55.8 Å². The number of hydrogen-bond donors (Lipinski definition) is 1. The standard InChI is InChI=1S/C17H16F3NO2/c1-3-23-16(22)12-5-4-6-14(10-12)21-15-8-7-13(9-11(15)2)17(18,19)20/h4-10,21H,3H2,1-2H3. The second-order valence-corrected chi connectivity index (χ2v) is 4.95. The van der Waals surface area contributed by atoms with Gasteiger partial charge in [-0.1, -0.05) is 6.07 Å². The number of carbonyl (C=O) groups excluding carboxylic acids is 1. The second kappa shape index (κ2) is 6.73. The van der Waals surface area contributed by atoms with Gasteiger partial charge in [-0.3, -0.25) is 0 Å². The zero-order valence-electron chi connectivity index (χ0n) is 12.7. The van der Waals surface area contributed by atoms with Gasteiger partial charge in [-0.15, -0.1) is 0 Å². The Bertz CT molecular complexity index is 711. The Morgan fingerprint density at radius 3 is 2.52 bits per heavy atom. The molecule has 0 unspecified atom stereocenters. The van der Waals surface area contributed by atoms with Crippen LogP contribution in [0.2, 0.25) is 0 Å². The number of aryl methyl sites for hydroxylation is 1. The highest BCUT2D eigenvalue weighted by molar-refractivity contribution is 5.90. The van der Waals surface area contributed by atoms with Gasteiger partial charge >= 0.3 is 12.1 Å². The van der Waals surface area contributed by atoms with Gasteiger partial charge in [0.2, 0.25) is 0 Å². The van der Waals surface area contributed by atoms with Crippen LogP contribution in [0.1, 0.15) is 28.4 Å². The summed E-state index contributed by atoms with van der Waals surface area (Å²) in [7, 11) is 0. The summed E-state index contributed by atoms with van der Waals surface area (Å²) in [5, 5.41) is 3.01. The van der Waals surface area contributed by atoms with Gasteiger partial charge in [-0.2, -0.15) is 13.2 Å². The van der Waals surface area contributed by atoms with Crippen LogP contribution in [0.25, 0.3) is 0 Å². The molecule has 23 heavy (non-hydrogen) atoms. The minimum absolute atomic E-state index is 0.272. The molecule has 0 saturated carbocycles. The highest BCUT2D eigenvalue weighted by Gasteiger charge is 2.30. The Balaban J connectivity index is 2.23. The van der Waals surface area contributed by atoms with Gasteiger partial charge in [0, 0.05) is 11.4 Å². The lowest BCUT2D eigenvalue weighted by atomic mass is 10.1. The zero-order chi connectivity index (χ0) is 17.0. The molecule has 0 spiro atoms. The molecule has 0 amide bonds. The summed E-state index contributed by atoms with van der Waals surface area (Å²) in [6, 6.07) is 10.1. The molecule has 2 rings (SSSR count). The largest absolute Gasteiger partial charge is 0.462 e. The van der Waals surface area contributed by atoms with Crippen molar-refractivity contribution in [3.05, 3.63) is 59.2 Å². The third-order valence-corrected chi connectivity index (χ3v) is 3.21. The maximum atomic E-state index is 12.7. The summed E-state index contributed by atoms with van der Waals surface area (Å²) in [6.07, 6.45) is -4.37. The average Bonchev–Trinajstić information content (AvgIpc) is 2.49. The molecular weight excluding hydrogens is 307 g/mol. The minimum atomic E-state index is -4.37. The topological polar surface area (TPSA) is 38.3 Å². The van der Waals surface area contributed by atoms with Crippen molar-refractivity contribution in [2.75, 3.05) is 11.9 Å². The summed E-state index contributed by atoms with van der Waals surface area (Å²) >= 11 is 0. The van der Waals surface area contributed by atoms with E-state index in [1.54, 1.807) is 38.1 Å². The van der Waals surface area contributed by atoms with E-state index < -0.39 is 17.7 Å². The van der Waals surface area contributed by atoms with Gasteiger partial charge in [0.15, 0.2) is 0 Å². The van der Waals surface area contributed by atoms with Crippen molar-refractivity contribution >= 4 is 17.3 Å². The zero-order valence-corrected chi connectivity index (χ0v) is 12.7. The van der Waals surface area contributed by atoms with Gasteiger partial charge in [-0.25, -0.2) is 4.79 Å². The van der Waals surface area contributed by atoms with Crippen molar-refractivity contribution in [3.63, 3.8) is 0 Å². The number of anilines is 2. The molecule has 6 heteroatoms. The number of ether oxygens (including phenoxy) is 1. The van der Waals surface area contributed by atoms with Crippen molar-refractivity contribution in [2.24, 2.45) is 0 Å². The van der Waals surface area contributed by atoms with E-state index in [2.05, 4.69) is 5.32 Å². The SMILES string of the molecule is CCOC(=O)c1cccc(Nc2ccc(C(F)(F)F)cc2C)c1. The molecular formula is C17H16F3NO2. The van der Waals surface area contributed by atoms with E-state index in [1.165, 1.54) is 6.07 Å². The van der Waals surface area contributed by atoms with Crippen molar-refractivity contribution in [1.82, 2.24) is 0 Å². The Labute approximate surface area is 132 Å². The fraction of sp³-hybridized carbons (Fsp3) is 0.235. The number of carbonyl (C=O) groups is 1. The Kier molecular flexibility index (Phi) is 4.93. The number of hydrogen-bond acceptors (Lipinski definition) is 3. The number of esters is 1. The molecule has 0 atom stereocenters. The summed E-state index contributed by atoms with van der Waals surface area (Å²) in [5.74, 6) is -0.444. The van der Waals surface area contributed by atoms with Gasteiger partial charge in [0.05, 0.1) is 17.7 Å². The van der Waals surface area contributed by atoms with E-state index in [4.69, 9.17) is 4.74 Å². The molecule has 2 aromatic carbocycles. The van der Waals surface area contributed by atoms with Crippen molar-refractivity contribution in [1.29, 1.82) is 0 Å². The maximum Gasteiger partial charge on any atom is 0.416 e. The molecule has 0 heterocycles. The molecule has 0 radical (unpaired) electrons. The molecule has 0 fully saturated rings. The van der Waals surface area contributed by atoms with E-state index >= 15 is 0 Å². The Morgan fingerprint density at radius 2 is 1.91 bits per heavy atom. The van der Waals surface area contributed by atoms with E-state index in [0.29, 0.717) is 22.5 Å². The quantitative estimate of drug-likeness (QED) is 0.810. The van der Waals surface area contributed by atoms with Crippen LogP contribution in [0.15, 0.2) is 42.5 Å². The normalized spacial score (nSPS) is 11.2. The maximum absolute atomic E-state index is 12.7. The lowest BCUT2D eigenvalue weighted by Crippen LogP contribution is -2.06. The number of benzene rings is 2. The highest BCUT2D eigenvalue weighted by atomic mass is 19.4. The summed E-state index contributed by atoms with van der Waals surface area (Å²) in [4.78, 5) is 11.7. The first kappa shape index (κ1) is 16.9. The molecule has 122 valence electrons. The third kappa shape index (κ3) is 4.25. The summed E-state index contributed by atoms with van der Waals surface area (Å²) in [6.45, 7) is 3.58. The molecule has 0 aliphatic rings. The van der Waals surface area contributed by atoms with Crippen molar-refractivity contribution < 1.29 is 22.7 Å². The van der Waals surface area contributed by atoms with Crippen LogP contribution in [0, 0.1) is 6.92 Å². The lowest BCUT2D eigenvalue weighted by molar-refractivity contribution is -0.137. The van der Waals surface area contributed by atoms with E-state index in [-0.39, 0.29) is 6.61 Å². The minimum Gasteiger partial charge on any atom is -0.462 e. The molecule has 2 aromatic rings. The van der Waals surface area contributed by atoms with Gasteiger partial charge in [0.1, 0.15) is 0 Å².